The van der Waals surface area contributed by atoms with Crippen LogP contribution in [0.1, 0.15) is 107 Å². The molecule has 7 rings (SSSR count). The molecule has 0 bridgehead atoms. The Bertz CT molecular complexity index is 1550. The Hall–Kier alpha value is -2.98. The molecule has 3 aromatic rings. The van der Waals surface area contributed by atoms with Crippen LogP contribution in [0.4, 0.5) is 0 Å². The number of aromatic nitrogens is 3. The minimum atomic E-state index is -0.294. The fourth-order valence-electron chi connectivity index (χ4n) is 10.3. The third-order valence-corrected chi connectivity index (χ3v) is 12.4. The first-order chi connectivity index (χ1) is 22.3. The number of aliphatic hydroxyl groups is 1. The Kier molecular flexibility index (Phi) is 8.43. The van der Waals surface area contributed by atoms with Gasteiger partial charge in [0.05, 0.1) is 18.3 Å². The van der Waals surface area contributed by atoms with Gasteiger partial charge in [0.15, 0.2) is 0 Å². The van der Waals surface area contributed by atoms with Crippen molar-refractivity contribution in [1.82, 2.24) is 25.4 Å². The highest BCUT2D eigenvalue weighted by Crippen LogP contribution is 2.65. The molecule has 0 unspecified atom stereocenters. The Morgan fingerprint density at radius 1 is 0.957 bits per heavy atom. The minimum Gasteiger partial charge on any atom is -0.508 e. The standard InChI is InChI=1S/C38H53N5O4/c1-36(2)19-26(20-37(3,4)43(36)46)39-22-27-23-42(41-40-27)16-17-47-29-10-6-24(7-11-29)32-21-38(5)33(14-15-34(38)45)31-12-8-25-18-28(44)9-13-30(25)35(31)32/h6-7,9-11,13,18,23,26,31-35,39,44-46H,8,12,14-17,19-22H2,1-5H3/t31-,32+,33-,34-,35+,38-/m0/s1. The SMILES string of the molecule is CC1(C)CC(NCc2cn(CCOc3ccc([C@H]4C[C@]5(C)[C@@H](O)CC[C@H]5[C@@H]5CCc6cc(O)ccc6[C@H]54)cc3)nn2)CC(C)(C)N1O. The molecule has 9 nitrogen and oxygen atoms in total. The normalized spacial score (nSPS) is 31.6. The lowest BCUT2D eigenvalue weighted by Crippen LogP contribution is -2.62. The second-order valence-electron chi connectivity index (χ2n) is 16.4. The summed E-state index contributed by atoms with van der Waals surface area (Å²) in [7, 11) is 0. The lowest BCUT2D eigenvalue weighted by atomic mass is 9.51. The molecule has 47 heavy (non-hydrogen) atoms. The molecular formula is C38H53N5O4. The lowest BCUT2D eigenvalue weighted by Gasteiger charge is -2.54. The molecule has 4 N–H and O–H groups in total. The second-order valence-corrected chi connectivity index (χ2v) is 16.4. The summed E-state index contributed by atoms with van der Waals surface area (Å²) in [5, 5.41) is 45.8. The monoisotopic (exact) mass is 643 g/mol. The summed E-state index contributed by atoms with van der Waals surface area (Å²) in [5.41, 5.74) is 4.21. The number of hydroxylamine groups is 2. The summed E-state index contributed by atoms with van der Waals surface area (Å²) in [6.07, 6.45) is 8.54. The van der Waals surface area contributed by atoms with Gasteiger partial charge in [-0.3, -0.25) is 0 Å². The number of fused-ring (bicyclic) bond motifs is 5. The van der Waals surface area contributed by atoms with Crippen LogP contribution in [-0.2, 0) is 19.5 Å². The van der Waals surface area contributed by atoms with Crippen LogP contribution in [0.5, 0.6) is 11.5 Å². The van der Waals surface area contributed by atoms with E-state index in [9.17, 15) is 15.4 Å². The van der Waals surface area contributed by atoms with E-state index in [2.05, 4.69) is 80.6 Å². The van der Waals surface area contributed by atoms with Crippen LogP contribution in [-0.4, -0.2) is 65.3 Å². The predicted octanol–water partition coefficient (Wildman–Crippen LogP) is 6.17. The smallest absolute Gasteiger partial charge is 0.119 e. The Labute approximate surface area is 279 Å². The van der Waals surface area contributed by atoms with Gasteiger partial charge in [-0.15, -0.1) is 5.10 Å². The summed E-state index contributed by atoms with van der Waals surface area (Å²) in [6.45, 7) is 12.4. The number of nitrogens with one attached hydrogen (secondary N) is 1. The van der Waals surface area contributed by atoms with E-state index in [0.29, 0.717) is 49.1 Å². The molecule has 1 aliphatic heterocycles. The number of ether oxygens (including phenoxy) is 1. The molecule has 2 aromatic carbocycles. The molecule has 2 heterocycles. The van der Waals surface area contributed by atoms with Gasteiger partial charge >= 0.3 is 0 Å². The molecule has 1 saturated heterocycles. The number of benzene rings is 2. The van der Waals surface area contributed by atoms with Crippen molar-refractivity contribution in [2.24, 2.45) is 17.3 Å². The van der Waals surface area contributed by atoms with Gasteiger partial charge in [-0.2, -0.15) is 5.06 Å². The number of aromatic hydroxyl groups is 1. The molecule has 9 heteroatoms. The van der Waals surface area contributed by atoms with E-state index < -0.39 is 0 Å². The van der Waals surface area contributed by atoms with E-state index >= 15 is 0 Å². The fourth-order valence-corrected chi connectivity index (χ4v) is 10.3. The van der Waals surface area contributed by atoms with Crippen LogP contribution >= 0.6 is 0 Å². The van der Waals surface area contributed by atoms with Gasteiger partial charge < -0.3 is 25.5 Å². The van der Waals surface area contributed by atoms with Gasteiger partial charge in [0.2, 0.25) is 0 Å². The van der Waals surface area contributed by atoms with E-state index in [4.69, 9.17) is 4.74 Å². The van der Waals surface area contributed by atoms with E-state index in [-0.39, 0.29) is 28.6 Å². The van der Waals surface area contributed by atoms with Crippen LogP contribution in [0.3, 0.4) is 0 Å². The number of nitrogens with zero attached hydrogens (tertiary/aromatic N) is 4. The number of aliphatic hydroxyl groups excluding tert-OH is 1. The average Bonchev–Trinajstić information content (AvgIpc) is 3.61. The van der Waals surface area contributed by atoms with Crippen molar-refractivity contribution in [3.63, 3.8) is 0 Å². The van der Waals surface area contributed by atoms with Crippen molar-refractivity contribution >= 4 is 0 Å². The average molecular weight is 644 g/mol. The molecule has 3 fully saturated rings. The predicted molar refractivity (Wildman–Crippen MR) is 180 cm³/mol. The molecular weight excluding hydrogens is 590 g/mol. The van der Waals surface area contributed by atoms with Gasteiger partial charge in [0, 0.05) is 29.9 Å². The van der Waals surface area contributed by atoms with E-state index in [0.717, 1.165) is 56.4 Å². The highest BCUT2D eigenvalue weighted by atomic mass is 16.5. The number of aryl methyl sites for hydroxylation is 1. The molecule has 254 valence electrons. The van der Waals surface area contributed by atoms with Gasteiger partial charge in [0.25, 0.3) is 0 Å². The summed E-state index contributed by atoms with van der Waals surface area (Å²) in [6, 6.07) is 14.9. The van der Waals surface area contributed by atoms with Crippen LogP contribution in [0.2, 0.25) is 0 Å². The molecule has 3 aliphatic carbocycles. The lowest BCUT2D eigenvalue weighted by molar-refractivity contribution is -0.246. The van der Waals surface area contributed by atoms with Crippen LogP contribution in [0.25, 0.3) is 0 Å². The van der Waals surface area contributed by atoms with Crippen molar-refractivity contribution in [2.75, 3.05) is 6.61 Å². The largest absolute Gasteiger partial charge is 0.508 e. The van der Waals surface area contributed by atoms with Crippen molar-refractivity contribution in [1.29, 1.82) is 0 Å². The van der Waals surface area contributed by atoms with E-state index in [1.54, 1.807) is 0 Å². The van der Waals surface area contributed by atoms with Gasteiger partial charge in [0.1, 0.15) is 18.1 Å². The van der Waals surface area contributed by atoms with Crippen LogP contribution in [0, 0.1) is 17.3 Å². The fraction of sp³-hybridized carbons (Fsp3) is 0.632. The first-order valence-corrected chi connectivity index (χ1v) is 17.7. The van der Waals surface area contributed by atoms with Crippen molar-refractivity contribution < 1.29 is 20.2 Å². The van der Waals surface area contributed by atoms with Crippen molar-refractivity contribution in [2.45, 2.75) is 128 Å². The third kappa shape index (κ3) is 6.09. The molecule has 0 amide bonds. The number of phenols is 1. The highest BCUT2D eigenvalue weighted by Gasteiger charge is 2.57. The van der Waals surface area contributed by atoms with Gasteiger partial charge in [-0.1, -0.05) is 30.3 Å². The van der Waals surface area contributed by atoms with Crippen LogP contribution < -0.4 is 10.1 Å². The highest BCUT2D eigenvalue weighted by molar-refractivity contribution is 5.43. The Morgan fingerprint density at radius 2 is 1.70 bits per heavy atom. The molecule has 0 spiro atoms. The van der Waals surface area contributed by atoms with Crippen LogP contribution in [0.15, 0.2) is 48.7 Å². The zero-order chi connectivity index (χ0) is 33.1. The zero-order valence-corrected chi connectivity index (χ0v) is 28.7. The summed E-state index contributed by atoms with van der Waals surface area (Å²) in [4.78, 5) is 0. The summed E-state index contributed by atoms with van der Waals surface area (Å²) in [5.74, 6) is 2.97. The van der Waals surface area contributed by atoms with E-state index in [1.807, 2.05) is 23.0 Å². The second kappa shape index (κ2) is 12.2. The van der Waals surface area contributed by atoms with Gasteiger partial charge in [-0.25, -0.2) is 4.68 Å². The molecule has 2 saturated carbocycles. The topological polar surface area (TPSA) is 116 Å². The Morgan fingerprint density at radius 3 is 2.45 bits per heavy atom. The number of hydrogen-bond acceptors (Lipinski definition) is 8. The minimum absolute atomic E-state index is 0.0637. The summed E-state index contributed by atoms with van der Waals surface area (Å²) < 4.78 is 7.99. The number of phenolic OH excluding ortho intramolecular Hbond substituents is 1. The third-order valence-electron chi connectivity index (χ3n) is 12.4. The van der Waals surface area contributed by atoms with Gasteiger partial charge in [-0.05, 0) is 143 Å². The maximum Gasteiger partial charge on any atom is 0.119 e. The van der Waals surface area contributed by atoms with E-state index in [1.165, 1.54) is 21.8 Å². The Balaban J connectivity index is 0.975. The number of piperidine rings is 1. The maximum absolute atomic E-state index is 11.2. The van der Waals surface area contributed by atoms with Crippen molar-refractivity contribution in [3.05, 3.63) is 71.0 Å². The number of hydrogen-bond donors (Lipinski definition) is 4. The molecule has 6 atom stereocenters. The summed E-state index contributed by atoms with van der Waals surface area (Å²) >= 11 is 0. The first-order valence-electron chi connectivity index (χ1n) is 17.7. The maximum atomic E-state index is 11.2. The quantitative estimate of drug-likeness (QED) is 0.230. The first kappa shape index (κ1) is 32.6. The molecule has 0 radical (unpaired) electrons. The van der Waals surface area contributed by atoms with Crippen molar-refractivity contribution in [3.8, 4) is 11.5 Å². The zero-order valence-electron chi connectivity index (χ0n) is 28.7. The molecule has 1 aromatic heterocycles. The number of rotatable bonds is 8. The molecule has 4 aliphatic rings.